The summed E-state index contributed by atoms with van der Waals surface area (Å²) < 4.78 is 0. The van der Waals surface area contributed by atoms with Gasteiger partial charge in [-0.1, -0.05) is 13.8 Å². The van der Waals surface area contributed by atoms with E-state index < -0.39 is 0 Å². The maximum Gasteiger partial charge on any atom is 0.217 e. The fourth-order valence-corrected chi connectivity index (χ4v) is 0.444. The van der Waals surface area contributed by atoms with Crippen molar-refractivity contribution in [1.29, 1.82) is 0 Å². The third kappa shape index (κ3) is 15.7. The first-order valence-electron chi connectivity index (χ1n) is 3.75. The monoisotopic (exact) mass is 150 g/mol. The topological polar surface area (TPSA) is 69.1 Å². The number of rotatable bonds is 4. The fourth-order valence-electron chi connectivity index (χ4n) is 0.444. The molecule has 3 nitrogen and oxygen atoms in total. The molecule has 0 saturated carbocycles. The van der Waals surface area contributed by atoms with Gasteiger partial charge in [0.1, 0.15) is 0 Å². The summed E-state index contributed by atoms with van der Waals surface area (Å²) >= 11 is 0. The average molecular weight is 150 g/mol. The van der Waals surface area contributed by atoms with Crippen LogP contribution in [0.4, 0.5) is 0 Å². The third-order valence-corrected chi connectivity index (χ3v) is 0.877. The molecule has 0 saturated heterocycles. The molecule has 0 aliphatic heterocycles. The summed E-state index contributed by atoms with van der Waals surface area (Å²) in [5, 5.41) is 0. The van der Waals surface area contributed by atoms with Crippen LogP contribution in [0.5, 0.6) is 0 Å². The predicted octanol–water partition coefficient (Wildman–Crippen LogP) is 1.12. The van der Waals surface area contributed by atoms with E-state index in [1.165, 1.54) is 0 Å². The lowest BCUT2D eigenvalue weighted by Gasteiger charge is -1.90. The summed E-state index contributed by atoms with van der Waals surface area (Å²) in [6.07, 6.45) is 2.19. The highest BCUT2D eigenvalue weighted by atomic mass is 16.1. The van der Waals surface area contributed by atoms with Crippen LogP contribution in [0.1, 0.15) is 36.0 Å². The molecule has 0 unspecified atom stereocenters. The van der Waals surface area contributed by atoms with Gasteiger partial charge in [0.05, 0.1) is 0 Å². The second-order valence-electron chi connectivity index (χ2n) is 1.71. The van der Waals surface area contributed by atoms with Crippen LogP contribution in [0.2, 0.25) is 0 Å². The number of unbranched alkanes of at least 4 members (excludes halogenated alkanes) is 1. The van der Waals surface area contributed by atoms with Gasteiger partial charge in [0.25, 0.3) is 0 Å². The summed E-state index contributed by atoms with van der Waals surface area (Å²) in [5.41, 5.74) is 10.0. The van der Waals surface area contributed by atoms with Crippen molar-refractivity contribution in [3.63, 3.8) is 0 Å². The summed E-state index contributed by atoms with van der Waals surface area (Å²) in [5.74, 6) is -0.238. The SMILES string of the molecule is CC.NCCCCC(N)=O.[HH].[HH]. The average Bonchev–Trinajstić information content (AvgIpc) is 1.92. The van der Waals surface area contributed by atoms with E-state index in [0.29, 0.717) is 13.0 Å². The molecule has 10 heavy (non-hydrogen) atoms. The molecular formula is C7H22N2O. The van der Waals surface area contributed by atoms with Gasteiger partial charge < -0.3 is 11.5 Å². The molecule has 0 aromatic rings. The number of carbonyl (C=O) groups is 1. The highest BCUT2D eigenvalue weighted by Crippen LogP contribution is 1.89. The Kier molecular flexibility index (Phi) is 13.7. The Morgan fingerprint density at radius 1 is 1.40 bits per heavy atom. The van der Waals surface area contributed by atoms with Crippen LogP contribution < -0.4 is 11.5 Å². The van der Waals surface area contributed by atoms with Crippen molar-refractivity contribution in [2.24, 2.45) is 11.5 Å². The highest BCUT2D eigenvalue weighted by molar-refractivity contribution is 5.73. The molecule has 1 amide bonds. The zero-order valence-corrected chi connectivity index (χ0v) is 6.89. The van der Waals surface area contributed by atoms with Gasteiger partial charge in [-0.25, -0.2) is 0 Å². The van der Waals surface area contributed by atoms with E-state index in [1.54, 1.807) is 0 Å². The molecule has 3 heteroatoms. The van der Waals surface area contributed by atoms with Crippen LogP contribution in [0, 0.1) is 0 Å². The van der Waals surface area contributed by atoms with E-state index in [2.05, 4.69) is 0 Å². The van der Waals surface area contributed by atoms with Gasteiger partial charge in [0.15, 0.2) is 0 Å². The van der Waals surface area contributed by atoms with Crippen LogP contribution in [0.3, 0.4) is 0 Å². The summed E-state index contributed by atoms with van der Waals surface area (Å²) in [6, 6.07) is 0. The Balaban J connectivity index is -0.0000000740. The maximum atomic E-state index is 10.1. The van der Waals surface area contributed by atoms with Gasteiger partial charge in [-0.3, -0.25) is 4.79 Å². The van der Waals surface area contributed by atoms with Gasteiger partial charge in [-0.2, -0.15) is 0 Å². The molecular weight excluding hydrogens is 128 g/mol. The molecule has 0 aliphatic rings. The molecule has 0 radical (unpaired) electrons. The highest BCUT2D eigenvalue weighted by Gasteiger charge is 1.90. The molecule has 0 rings (SSSR count). The first-order valence-corrected chi connectivity index (χ1v) is 3.75. The minimum Gasteiger partial charge on any atom is -0.370 e. The number of hydrogen-bond donors (Lipinski definition) is 2. The van der Waals surface area contributed by atoms with Gasteiger partial charge in [-0.05, 0) is 19.4 Å². The van der Waals surface area contributed by atoms with Crippen molar-refractivity contribution < 1.29 is 7.65 Å². The summed E-state index contributed by atoms with van der Waals surface area (Å²) in [6.45, 7) is 4.65. The number of primary amides is 1. The quantitative estimate of drug-likeness (QED) is 0.589. The number of carbonyl (C=O) groups excluding carboxylic acids is 1. The van der Waals surface area contributed by atoms with Crippen molar-refractivity contribution in [3.8, 4) is 0 Å². The van der Waals surface area contributed by atoms with Crippen molar-refractivity contribution in [1.82, 2.24) is 0 Å². The molecule has 0 aromatic carbocycles. The molecule has 0 fully saturated rings. The van der Waals surface area contributed by atoms with Crippen LogP contribution in [0.25, 0.3) is 0 Å². The maximum absolute atomic E-state index is 10.1. The zero-order valence-electron chi connectivity index (χ0n) is 6.89. The van der Waals surface area contributed by atoms with Crippen molar-refractivity contribution >= 4 is 5.91 Å². The minimum atomic E-state index is -0.238. The zero-order chi connectivity index (χ0) is 8.41. The molecule has 66 valence electrons. The second kappa shape index (κ2) is 11.3. The molecule has 0 aliphatic carbocycles. The lowest BCUT2D eigenvalue weighted by atomic mass is 10.2. The first kappa shape index (κ1) is 12.1. The Morgan fingerprint density at radius 2 is 1.90 bits per heavy atom. The predicted molar refractivity (Wildman–Crippen MR) is 47.7 cm³/mol. The van der Waals surface area contributed by atoms with E-state index >= 15 is 0 Å². The molecule has 0 aromatic heterocycles. The molecule has 0 bridgehead atoms. The van der Waals surface area contributed by atoms with Crippen molar-refractivity contribution in [2.75, 3.05) is 6.54 Å². The third-order valence-electron chi connectivity index (χ3n) is 0.877. The molecule has 0 heterocycles. The van der Waals surface area contributed by atoms with E-state index in [1.807, 2.05) is 13.8 Å². The Labute approximate surface area is 65.7 Å². The fraction of sp³-hybridized carbons (Fsp3) is 0.857. The lowest BCUT2D eigenvalue weighted by Crippen LogP contribution is -2.10. The van der Waals surface area contributed by atoms with Crippen LogP contribution in [0.15, 0.2) is 0 Å². The smallest absolute Gasteiger partial charge is 0.217 e. The van der Waals surface area contributed by atoms with Gasteiger partial charge in [-0.15, -0.1) is 0 Å². The minimum absolute atomic E-state index is 0. The molecule has 4 N–H and O–H groups in total. The second-order valence-corrected chi connectivity index (χ2v) is 1.71. The van der Waals surface area contributed by atoms with E-state index in [0.717, 1.165) is 12.8 Å². The van der Waals surface area contributed by atoms with Crippen molar-refractivity contribution in [2.45, 2.75) is 33.1 Å². The first-order chi connectivity index (χ1) is 4.77. The number of nitrogens with two attached hydrogens (primary N) is 2. The van der Waals surface area contributed by atoms with E-state index in [9.17, 15) is 4.79 Å². The Morgan fingerprint density at radius 3 is 2.20 bits per heavy atom. The molecule has 0 spiro atoms. The van der Waals surface area contributed by atoms with Crippen molar-refractivity contribution in [3.05, 3.63) is 0 Å². The summed E-state index contributed by atoms with van der Waals surface area (Å²) in [4.78, 5) is 10.1. The van der Waals surface area contributed by atoms with Gasteiger partial charge >= 0.3 is 0 Å². The van der Waals surface area contributed by atoms with Crippen LogP contribution >= 0.6 is 0 Å². The number of hydrogen-bond acceptors (Lipinski definition) is 2. The normalized spacial score (nSPS) is 7.90. The van der Waals surface area contributed by atoms with E-state index in [-0.39, 0.29) is 8.76 Å². The summed E-state index contributed by atoms with van der Waals surface area (Å²) in [7, 11) is 0. The van der Waals surface area contributed by atoms with Gasteiger partial charge in [0, 0.05) is 9.27 Å². The Bertz CT molecular complexity index is 81.8. The van der Waals surface area contributed by atoms with E-state index in [4.69, 9.17) is 11.5 Å². The largest absolute Gasteiger partial charge is 0.370 e. The Hall–Kier alpha value is -0.570. The lowest BCUT2D eigenvalue weighted by molar-refractivity contribution is -0.118. The van der Waals surface area contributed by atoms with Gasteiger partial charge in [0.2, 0.25) is 5.91 Å². The van der Waals surface area contributed by atoms with Crippen LogP contribution in [-0.4, -0.2) is 12.5 Å². The van der Waals surface area contributed by atoms with Crippen LogP contribution in [-0.2, 0) is 4.79 Å². The standard InChI is InChI=1S/C5H12N2O.C2H6.2H2/c6-4-2-1-3-5(7)8;1-2;;/h1-4,6H2,(H2,7,8);1-2H3;2*1H. The number of amides is 1. The molecule has 0 atom stereocenters.